The van der Waals surface area contributed by atoms with E-state index in [4.69, 9.17) is 0 Å². The summed E-state index contributed by atoms with van der Waals surface area (Å²) in [4.78, 5) is 13.6. The van der Waals surface area contributed by atoms with Gasteiger partial charge in [-0.2, -0.15) is 0 Å². The van der Waals surface area contributed by atoms with E-state index in [2.05, 4.69) is 15.0 Å². The quantitative estimate of drug-likeness (QED) is 0.604. The van der Waals surface area contributed by atoms with Crippen molar-refractivity contribution >= 4 is 17.1 Å². The van der Waals surface area contributed by atoms with Crippen LogP contribution in [0.5, 0.6) is 0 Å². The van der Waals surface area contributed by atoms with Crippen molar-refractivity contribution in [1.29, 1.82) is 0 Å². The Labute approximate surface area is 83.9 Å². The number of fused-ring (bicyclic) bond motifs is 1. The third-order valence-electron chi connectivity index (χ3n) is 1.92. The van der Waals surface area contributed by atoms with Crippen LogP contribution in [0.1, 0.15) is 0 Å². The normalized spacial score (nSPS) is 10.9. The van der Waals surface area contributed by atoms with Crippen molar-refractivity contribution in [3.63, 3.8) is 0 Å². The summed E-state index contributed by atoms with van der Waals surface area (Å²) >= 11 is 1.58. The van der Waals surface area contributed by atoms with Crippen molar-refractivity contribution in [2.24, 2.45) is 0 Å². The Hall–Kier alpha value is -1.75. The molecule has 3 rings (SSSR count). The van der Waals surface area contributed by atoms with Gasteiger partial charge in [0.05, 0.1) is 10.4 Å². The lowest BCUT2D eigenvalue weighted by Crippen LogP contribution is -1.82. The van der Waals surface area contributed by atoms with Gasteiger partial charge < -0.3 is 0 Å². The SMILES string of the molecule is c1cnc2nc(-c3cncs3)cn2c1. The van der Waals surface area contributed by atoms with Crippen LogP contribution < -0.4 is 0 Å². The van der Waals surface area contributed by atoms with Gasteiger partial charge in [-0.15, -0.1) is 11.3 Å². The molecule has 0 saturated carbocycles. The lowest BCUT2D eigenvalue weighted by Gasteiger charge is -1.85. The van der Waals surface area contributed by atoms with Crippen molar-refractivity contribution < 1.29 is 0 Å². The predicted molar refractivity (Wildman–Crippen MR) is 54.1 cm³/mol. The monoisotopic (exact) mass is 202 g/mol. The molecule has 0 bridgehead atoms. The minimum absolute atomic E-state index is 0.718. The van der Waals surface area contributed by atoms with Gasteiger partial charge in [0.1, 0.15) is 5.69 Å². The molecule has 0 atom stereocenters. The first-order chi connectivity index (χ1) is 6.93. The topological polar surface area (TPSA) is 43.1 Å². The molecule has 5 heteroatoms. The zero-order chi connectivity index (χ0) is 9.38. The van der Waals surface area contributed by atoms with Crippen LogP contribution in [0.2, 0.25) is 0 Å². The number of rotatable bonds is 1. The van der Waals surface area contributed by atoms with Crippen LogP contribution in [-0.2, 0) is 0 Å². The predicted octanol–water partition coefficient (Wildman–Crippen LogP) is 1.85. The Morgan fingerprint density at radius 2 is 2.36 bits per heavy atom. The molecule has 0 aliphatic carbocycles. The molecule has 0 radical (unpaired) electrons. The maximum absolute atomic E-state index is 4.38. The molecular formula is C9H6N4S. The zero-order valence-corrected chi connectivity index (χ0v) is 7.98. The van der Waals surface area contributed by atoms with Gasteiger partial charge in [0.25, 0.3) is 0 Å². The van der Waals surface area contributed by atoms with Crippen LogP contribution in [0.15, 0.2) is 36.4 Å². The van der Waals surface area contributed by atoms with Gasteiger partial charge in [-0.3, -0.25) is 9.38 Å². The zero-order valence-electron chi connectivity index (χ0n) is 7.16. The highest BCUT2D eigenvalue weighted by molar-refractivity contribution is 7.13. The fourth-order valence-electron chi connectivity index (χ4n) is 1.29. The Balaban J connectivity index is 2.24. The molecular weight excluding hydrogens is 196 g/mol. The fraction of sp³-hybridized carbons (Fsp3) is 0. The molecule has 0 amide bonds. The third kappa shape index (κ3) is 1.10. The number of hydrogen-bond acceptors (Lipinski definition) is 4. The molecule has 0 aromatic carbocycles. The van der Waals surface area contributed by atoms with Crippen LogP contribution in [-0.4, -0.2) is 19.4 Å². The Morgan fingerprint density at radius 3 is 3.14 bits per heavy atom. The number of aromatic nitrogens is 4. The van der Waals surface area contributed by atoms with E-state index in [0.717, 1.165) is 16.3 Å². The van der Waals surface area contributed by atoms with E-state index in [1.54, 1.807) is 23.0 Å². The highest BCUT2D eigenvalue weighted by Gasteiger charge is 2.04. The molecule has 0 aliphatic rings. The lowest BCUT2D eigenvalue weighted by atomic mass is 10.4. The summed E-state index contributed by atoms with van der Waals surface area (Å²) in [7, 11) is 0. The standard InChI is InChI=1S/C9H6N4S/c1-2-11-9-12-7(5-13(9)3-1)8-4-10-6-14-8/h1-6H. The molecule has 0 unspecified atom stereocenters. The molecule has 3 aromatic rings. The second-order valence-corrected chi connectivity index (χ2v) is 3.71. The first kappa shape index (κ1) is 7.64. The molecule has 14 heavy (non-hydrogen) atoms. The Bertz CT molecular complexity index is 522. The third-order valence-corrected chi connectivity index (χ3v) is 2.72. The Morgan fingerprint density at radius 1 is 1.36 bits per heavy atom. The van der Waals surface area contributed by atoms with Gasteiger partial charge in [0, 0.05) is 24.8 Å². The average molecular weight is 202 g/mol. The first-order valence-corrected chi connectivity index (χ1v) is 5.00. The highest BCUT2D eigenvalue weighted by Crippen LogP contribution is 2.21. The number of thiazole rings is 1. The van der Waals surface area contributed by atoms with Gasteiger partial charge in [-0.05, 0) is 6.07 Å². The molecule has 68 valence electrons. The average Bonchev–Trinajstić information content (AvgIpc) is 2.86. The van der Waals surface area contributed by atoms with Gasteiger partial charge >= 0.3 is 0 Å². The van der Waals surface area contributed by atoms with Crippen LogP contribution in [0.25, 0.3) is 16.3 Å². The minimum atomic E-state index is 0.718. The molecule has 0 saturated heterocycles. The van der Waals surface area contributed by atoms with E-state index in [0.29, 0.717) is 0 Å². The molecule has 3 aromatic heterocycles. The van der Waals surface area contributed by atoms with E-state index in [-0.39, 0.29) is 0 Å². The van der Waals surface area contributed by atoms with E-state index in [1.807, 2.05) is 29.1 Å². The van der Waals surface area contributed by atoms with Crippen molar-refractivity contribution in [1.82, 2.24) is 19.4 Å². The molecule has 4 nitrogen and oxygen atoms in total. The van der Waals surface area contributed by atoms with Crippen LogP contribution in [0.4, 0.5) is 0 Å². The van der Waals surface area contributed by atoms with Crippen molar-refractivity contribution in [2.75, 3.05) is 0 Å². The molecule has 0 N–H and O–H groups in total. The summed E-state index contributed by atoms with van der Waals surface area (Å²) in [5, 5.41) is 0. The van der Waals surface area contributed by atoms with Crippen LogP contribution >= 0.6 is 11.3 Å². The second kappa shape index (κ2) is 2.88. The summed E-state index contributed by atoms with van der Waals surface area (Å²) in [5.74, 6) is 0.718. The summed E-state index contributed by atoms with van der Waals surface area (Å²) < 4.78 is 1.90. The maximum atomic E-state index is 4.38. The molecule has 3 heterocycles. The molecule has 0 fully saturated rings. The summed E-state index contributed by atoms with van der Waals surface area (Å²) in [6.07, 6.45) is 7.43. The van der Waals surface area contributed by atoms with Crippen LogP contribution in [0, 0.1) is 0 Å². The molecule has 0 aliphatic heterocycles. The van der Waals surface area contributed by atoms with Crippen molar-refractivity contribution in [2.45, 2.75) is 0 Å². The Kier molecular flexibility index (Phi) is 1.57. The van der Waals surface area contributed by atoms with E-state index < -0.39 is 0 Å². The minimum Gasteiger partial charge on any atom is -0.290 e. The smallest absolute Gasteiger partial charge is 0.234 e. The van der Waals surface area contributed by atoms with E-state index >= 15 is 0 Å². The van der Waals surface area contributed by atoms with Gasteiger partial charge in [0.2, 0.25) is 5.78 Å². The summed E-state index contributed by atoms with van der Waals surface area (Å²) in [6.45, 7) is 0. The molecule has 0 spiro atoms. The number of imidazole rings is 1. The van der Waals surface area contributed by atoms with Crippen LogP contribution in [0.3, 0.4) is 0 Å². The van der Waals surface area contributed by atoms with E-state index in [1.165, 1.54) is 0 Å². The van der Waals surface area contributed by atoms with Gasteiger partial charge in [0.15, 0.2) is 0 Å². The lowest BCUT2D eigenvalue weighted by molar-refractivity contribution is 1.11. The van der Waals surface area contributed by atoms with Gasteiger partial charge in [-0.1, -0.05) is 0 Å². The summed E-state index contributed by atoms with van der Waals surface area (Å²) in [6, 6.07) is 1.88. The first-order valence-electron chi connectivity index (χ1n) is 4.12. The largest absolute Gasteiger partial charge is 0.290 e. The second-order valence-electron chi connectivity index (χ2n) is 2.82. The number of nitrogens with zero attached hydrogens (tertiary/aromatic N) is 4. The fourth-order valence-corrected chi connectivity index (χ4v) is 1.87. The van der Waals surface area contributed by atoms with Gasteiger partial charge in [-0.25, -0.2) is 9.97 Å². The number of hydrogen-bond donors (Lipinski definition) is 0. The van der Waals surface area contributed by atoms with Crippen molar-refractivity contribution in [3.8, 4) is 10.6 Å². The maximum Gasteiger partial charge on any atom is 0.234 e. The van der Waals surface area contributed by atoms with Crippen molar-refractivity contribution in [3.05, 3.63) is 36.4 Å². The highest BCUT2D eigenvalue weighted by atomic mass is 32.1. The summed E-state index contributed by atoms with van der Waals surface area (Å²) in [5.41, 5.74) is 2.72. The van der Waals surface area contributed by atoms with E-state index in [9.17, 15) is 0 Å².